The Morgan fingerprint density at radius 3 is 2.16 bits per heavy atom. The lowest BCUT2D eigenvalue weighted by Gasteiger charge is -2.17. The number of likely N-dealkylation sites (N-methyl/N-ethyl adjacent to an activating group) is 1. The van der Waals surface area contributed by atoms with E-state index in [9.17, 15) is 39.5 Å². The van der Waals surface area contributed by atoms with Crippen LogP contribution < -0.4 is 5.32 Å². The molecule has 0 aliphatic rings. The summed E-state index contributed by atoms with van der Waals surface area (Å²) in [5.74, 6) is -3.01. The SMILES string of the molecule is CCNC/C(=C\C(C)/C=C\CC(C(F)F)C(F)(F)F)CC/C=C\CC(F)OCC(F)(F)F. The van der Waals surface area contributed by atoms with E-state index in [4.69, 9.17) is 0 Å². The lowest BCUT2D eigenvalue weighted by atomic mass is 10.0. The number of hydrogen-bond donors (Lipinski definition) is 1. The minimum Gasteiger partial charge on any atom is -0.338 e. The highest BCUT2D eigenvalue weighted by Crippen LogP contribution is 2.34. The average molecular weight is 483 g/mol. The molecule has 0 bridgehead atoms. The fraction of sp³-hybridized carbons (Fsp3) is 0.714. The molecule has 3 atom stereocenters. The second-order valence-corrected chi connectivity index (χ2v) is 7.19. The lowest BCUT2D eigenvalue weighted by Crippen LogP contribution is -2.28. The van der Waals surface area contributed by atoms with Crippen molar-refractivity contribution in [1.82, 2.24) is 5.32 Å². The van der Waals surface area contributed by atoms with Gasteiger partial charge in [0, 0.05) is 13.0 Å². The van der Waals surface area contributed by atoms with Crippen molar-refractivity contribution in [1.29, 1.82) is 0 Å². The van der Waals surface area contributed by atoms with Crippen molar-refractivity contribution in [2.45, 2.75) is 64.7 Å². The van der Waals surface area contributed by atoms with Gasteiger partial charge in [-0.2, -0.15) is 26.3 Å². The Morgan fingerprint density at radius 2 is 1.62 bits per heavy atom. The minimum absolute atomic E-state index is 0.301. The minimum atomic E-state index is -4.98. The van der Waals surface area contributed by atoms with Gasteiger partial charge in [0.1, 0.15) is 12.5 Å². The molecule has 0 aliphatic heterocycles. The van der Waals surface area contributed by atoms with Crippen LogP contribution in [0.5, 0.6) is 0 Å². The fourth-order valence-corrected chi connectivity index (χ4v) is 2.61. The first kappa shape index (κ1) is 30.5. The Morgan fingerprint density at radius 1 is 0.969 bits per heavy atom. The van der Waals surface area contributed by atoms with Crippen LogP contribution in [0.15, 0.2) is 36.0 Å². The highest BCUT2D eigenvalue weighted by atomic mass is 19.4. The van der Waals surface area contributed by atoms with E-state index in [1.54, 1.807) is 19.1 Å². The van der Waals surface area contributed by atoms with Crippen LogP contribution in [0, 0.1) is 11.8 Å². The molecule has 0 radical (unpaired) electrons. The predicted molar refractivity (Wildman–Crippen MR) is 105 cm³/mol. The summed E-state index contributed by atoms with van der Waals surface area (Å²) in [5.41, 5.74) is 0.903. The van der Waals surface area contributed by atoms with E-state index >= 15 is 0 Å². The van der Waals surface area contributed by atoms with E-state index < -0.39 is 44.1 Å². The quantitative estimate of drug-likeness (QED) is 0.197. The molecule has 32 heavy (non-hydrogen) atoms. The molecule has 11 heteroatoms. The first-order valence-electron chi connectivity index (χ1n) is 10.2. The molecule has 0 aliphatic carbocycles. The van der Waals surface area contributed by atoms with Crippen molar-refractivity contribution in [2.24, 2.45) is 11.8 Å². The third kappa shape index (κ3) is 16.2. The molecule has 1 N–H and O–H groups in total. The average Bonchev–Trinajstić information content (AvgIpc) is 2.65. The van der Waals surface area contributed by atoms with E-state index in [1.807, 2.05) is 6.92 Å². The van der Waals surface area contributed by atoms with Crippen molar-refractivity contribution in [2.75, 3.05) is 19.7 Å². The number of rotatable bonds is 15. The zero-order chi connectivity index (χ0) is 24.8. The van der Waals surface area contributed by atoms with Crippen molar-refractivity contribution in [3.05, 3.63) is 36.0 Å². The van der Waals surface area contributed by atoms with Crippen LogP contribution in [0.25, 0.3) is 0 Å². The molecule has 0 rings (SSSR count). The monoisotopic (exact) mass is 483 g/mol. The van der Waals surface area contributed by atoms with E-state index in [2.05, 4.69) is 10.1 Å². The highest BCUT2D eigenvalue weighted by Gasteiger charge is 2.44. The summed E-state index contributed by atoms with van der Waals surface area (Å²) < 4.78 is 116. The molecule has 0 aromatic carbocycles. The van der Waals surface area contributed by atoms with Crippen molar-refractivity contribution in [3.8, 4) is 0 Å². The summed E-state index contributed by atoms with van der Waals surface area (Å²) in [5, 5.41) is 3.10. The van der Waals surface area contributed by atoms with Crippen LogP contribution in [-0.2, 0) is 4.74 Å². The first-order chi connectivity index (χ1) is 14.8. The number of hydrogen-bond acceptors (Lipinski definition) is 2. The van der Waals surface area contributed by atoms with E-state index in [1.165, 1.54) is 12.2 Å². The van der Waals surface area contributed by atoms with Crippen LogP contribution in [0.2, 0.25) is 0 Å². The predicted octanol–water partition coefficient (Wildman–Crippen LogP) is 7.15. The van der Waals surface area contributed by atoms with Gasteiger partial charge in [0.05, 0.1) is 0 Å². The second kappa shape index (κ2) is 15.4. The van der Waals surface area contributed by atoms with Gasteiger partial charge in [0.15, 0.2) is 0 Å². The number of alkyl halides is 9. The molecule has 188 valence electrons. The van der Waals surface area contributed by atoms with Gasteiger partial charge in [-0.3, -0.25) is 0 Å². The zero-order valence-corrected chi connectivity index (χ0v) is 18.0. The smallest absolute Gasteiger partial charge is 0.338 e. The summed E-state index contributed by atoms with van der Waals surface area (Å²) in [4.78, 5) is 0. The van der Waals surface area contributed by atoms with Gasteiger partial charge < -0.3 is 10.1 Å². The van der Waals surface area contributed by atoms with Gasteiger partial charge in [-0.15, -0.1) is 0 Å². The first-order valence-corrected chi connectivity index (χ1v) is 10.2. The Hall–Kier alpha value is -1.49. The van der Waals surface area contributed by atoms with Crippen molar-refractivity contribution in [3.63, 3.8) is 0 Å². The Balaban J connectivity index is 4.69. The molecule has 0 spiro atoms. The van der Waals surface area contributed by atoms with Crippen LogP contribution in [0.1, 0.15) is 39.5 Å². The fourth-order valence-electron chi connectivity index (χ4n) is 2.61. The van der Waals surface area contributed by atoms with Gasteiger partial charge in [-0.05, 0) is 31.7 Å². The summed E-state index contributed by atoms with van der Waals surface area (Å²) in [6, 6.07) is 0. The molecule has 3 unspecified atom stereocenters. The Kier molecular flexibility index (Phi) is 14.7. The lowest BCUT2D eigenvalue weighted by molar-refractivity contribution is -0.205. The molecule has 0 aromatic heterocycles. The van der Waals surface area contributed by atoms with E-state index in [0.717, 1.165) is 11.6 Å². The third-order valence-corrected chi connectivity index (χ3v) is 4.20. The van der Waals surface area contributed by atoms with Gasteiger partial charge in [-0.1, -0.05) is 49.8 Å². The molecule has 0 saturated heterocycles. The van der Waals surface area contributed by atoms with Gasteiger partial charge >= 0.3 is 12.4 Å². The van der Waals surface area contributed by atoms with E-state index in [0.29, 0.717) is 25.9 Å². The third-order valence-electron chi connectivity index (χ3n) is 4.20. The largest absolute Gasteiger partial charge is 0.411 e. The van der Waals surface area contributed by atoms with Crippen molar-refractivity contribution >= 4 is 0 Å². The van der Waals surface area contributed by atoms with Gasteiger partial charge in [0.2, 0.25) is 12.8 Å². The summed E-state index contributed by atoms with van der Waals surface area (Å²) in [6.45, 7) is 3.08. The molecule has 2 nitrogen and oxygen atoms in total. The van der Waals surface area contributed by atoms with Gasteiger partial charge in [-0.25, -0.2) is 13.2 Å². The second-order valence-electron chi connectivity index (χ2n) is 7.19. The standard InChI is InChI=1S/C21H30F9NO/c1-3-31-13-16(9-5-4-6-11-18(22)32-14-20(25,26)27)12-15(2)8-7-10-17(19(23)24)21(28,29)30/h4,6-8,12,15,17-19,31H,3,5,9-11,13-14H2,1-2H3/b6-4-,8-7-,16-12-. The number of allylic oxidation sites excluding steroid dienone is 4. The van der Waals surface area contributed by atoms with Crippen molar-refractivity contribution < 1.29 is 44.3 Å². The maximum atomic E-state index is 13.2. The maximum absolute atomic E-state index is 13.2. The molecule has 0 amide bonds. The summed E-state index contributed by atoms with van der Waals surface area (Å²) in [6.07, 6.45) is -8.02. The van der Waals surface area contributed by atoms with Crippen LogP contribution in [0.3, 0.4) is 0 Å². The summed E-state index contributed by atoms with van der Waals surface area (Å²) >= 11 is 0. The molecular formula is C21H30F9NO. The Labute approximate surface area is 182 Å². The highest BCUT2D eigenvalue weighted by molar-refractivity contribution is 5.11. The number of halogens is 9. The van der Waals surface area contributed by atoms with Gasteiger partial charge in [0.25, 0.3) is 0 Å². The van der Waals surface area contributed by atoms with Crippen LogP contribution in [-0.4, -0.2) is 44.8 Å². The zero-order valence-electron chi connectivity index (χ0n) is 18.0. The number of nitrogens with one attached hydrogen (secondary N) is 1. The Bertz CT molecular complexity index is 583. The van der Waals surface area contributed by atoms with Crippen LogP contribution >= 0.6 is 0 Å². The molecule has 0 saturated carbocycles. The molecule has 0 aromatic rings. The molecule has 0 heterocycles. The number of ether oxygens (including phenoxy) is 1. The topological polar surface area (TPSA) is 21.3 Å². The normalized spacial score (nSPS) is 16.9. The summed E-state index contributed by atoms with van der Waals surface area (Å²) in [7, 11) is 0. The molecule has 0 fully saturated rings. The van der Waals surface area contributed by atoms with Crippen LogP contribution in [0.4, 0.5) is 39.5 Å². The van der Waals surface area contributed by atoms with E-state index in [-0.39, 0.29) is 12.3 Å². The molecular weight excluding hydrogens is 453 g/mol. The maximum Gasteiger partial charge on any atom is 0.411 e.